The maximum Gasteiger partial charge on any atom is 0.303 e. The molecular weight excluding hydrogens is 248 g/mol. The zero-order chi connectivity index (χ0) is 13.8. The summed E-state index contributed by atoms with van der Waals surface area (Å²) in [6.45, 7) is 0.314. The van der Waals surface area contributed by atoms with Gasteiger partial charge in [0, 0.05) is 24.2 Å². The molecule has 0 bridgehead atoms. The van der Waals surface area contributed by atoms with Crippen molar-refractivity contribution in [1.82, 2.24) is 5.32 Å². The van der Waals surface area contributed by atoms with Gasteiger partial charge in [0.2, 0.25) is 5.91 Å². The summed E-state index contributed by atoms with van der Waals surface area (Å²) in [6.07, 6.45) is 0.763. The van der Waals surface area contributed by atoms with Crippen LogP contribution >= 0.6 is 0 Å². The van der Waals surface area contributed by atoms with E-state index in [0.29, 0.717) is 30.6 Å². The quantitative estimate of drug-likeness (QED) is 0.683. The van der Waals surface area contributed by atoms with E-state index in [1.807, 2.05) is 0 Å². The molecule has 6 heteroatoms. The van der Waals surface area contributed by atoms with Gasteiger partial charge in [0.05, 0.1) is 6.42 Å². The first-order valence-corrected chi connectivity index (χ1v) is 5.99. The third kappa shape index (κ3) is 3.31. The van der Waals surface area contributed by atoms with E-state index in [-0.39, 0.29) is 18.2 Å². The van der Waals surface area contributed by atoms with Crippen LogP contribution < -0.4 is 10.6 Å². The molecule has 0 unspecified atom stereocenters. The second-order valence-corrected chi connectivity index (χ2v) is 4.35. The molecule has 0 saturated heterocycles. The van der Waals surface area contributed by atoms with Crippen molar-refractivity contribution < 1.29 is 19.5 Å². The van der Waals surface area contributed by atoms with Gasteiger partial charge in [-0.2, -0.15) is 0 Å². The number of carbonyl (C=O) groups excluding carboxylic acids is 2. The summed E-state index contributed by atoms with van der Waals surface area (Å²) in [5.74, 6) is -1.22. The Morgan fingerprint density at radius 3 is 2.89 bits per heavy atom. The lowest BCUT2D eigenvalue weighted by atomic mass is 10.1. The number of hydrogen-bond donors (Lipinski definition) is 3. The van der Waals surface area contributed by atoms with Gasteiger partial charge in [-0.1, -0.05) is 6.07 Å². The predicted molar refractivity (Wildman–Crippen MR) is 68.0 cm³/mol. The summed E-state index contributed by atoms with van der Waals surface area (Å²) in [6, 6.07) is 5.04. The number of benzene rings is 1. The van der Waals surface area contributed by atoms with Crippen LogP contribution in [0.3, 0.4) is 0 Å². The third-order valence-electron chi connectivity index (χ3n) is 2.85. The summed E-state index contributed by atoms with van der Waals surface area (Å²) in [5, 5.41) is 13.8. The number of fused-ring (bicyclic) bond motifs is 1. The lowest BCUT2D eigenvalue weighted by Crippen LogP contribution is -2.24. The van der Waals surface area contributed by atoms with Crippen LogP contribution in [0.5, 0.6) is 0 Å². The SMILES string of the molecule is O=C(O)CCCNC(=O)c1ccc2c(c1)NC(=O)C2. The smallest absolute Gasteiger partial charge is 0.303 e. The number of amides is 2. The molecule has 1 aliphatic rings. The van der Waals surface area contributed by atoms with Gasteiger partial charge < -0.3 is 15.7 Å². The van der Waals surface area contributed by atoms with Gasteiger partial charge in [-0.15, -0.1) is 0 Å². The number of aliphatic carboxylic acids is 1. The summed E-state index contributed by atoms with van der Waals surface area (Å²) >= 11 is 0. The first-order valence-electron chi connectivity index (χ1n) is 5.99. The van der Waals surface area contributed by atoms with Crippen LogP contribution in [0.2, 0.25) is 0 Å². The Kier molecular flexibility index (Phi) is 3.79. The number of anilines is 1. The molecule has 1 aromatic carbocycles. The molecule has 2 amide bonds. The second-order valence-electron chi connectivity index (χ2n) is 4.35. The molecular formula is C13H14N2O4. The molecule has 1 aromatic rings. The molecule has 19 heavy (non-hydrogen) atoms. The molecule has 3 N–H and O–H groups in total. The van der Waals surface area contributed by atoms with E-state index in [1.165, 1.54) is 0 Å². The highest BCUT2D eigenvalue weighted by atomic mass is 16.4. The van der Waals surface area contributed by atoms with Crippen LogP contribution in [0.25, 0.3) is 0 Å². The lowest BCUT2D eigenvalue weighted by Gasteiger charge is -2.06. The molecule has 1 heterocycles. The third-order valence-corrected chi connectivity index (χ3v) is 2.85. The number of carboxylic acids is 1. The fraction of sp³-hybridized carbons (Fsp3) is 0.308. The van der Waals surface area contributed by atoms with Crippen LogP contribution in [-0.2, 0) is 16.0 Å². The second kappa shape index (κ2) is 5.51. The molecule has 0 aromatic heterocycles. The van der Waals surface area contributed by atoms with Gasteiger partial charge in [-0.05, 0) is 24.1 Å². The van der Waals surface area contributed by atoms with Crippen LogP contribution in [-0.4, -0.2) is 29.4 Å². The molecule has 100 valence electrons. The van der Waals surface area contributed by atoms with Gasteiger partial charge in [0.25, 0.3) is 5.91 Å². The highest BCUT2D eigenvalue weighted by Crippen LogP contribution is 2.23. The van der Waals surface area contributed by atoms with Gasteiger partial charge in [0.1, 0.15) is 0 Å². The minimum atomic E-state index is -0.880. The monoisotopic (exact) mass is 262 g/mol. The Morgan fingerprint density at radius 2 is 2.16 bits per heavy atom. The average Bonchev–Trinajstić information content (AvgIpc) is 2.73. The Hall–Kier alpha value is -2.37. The van der Waals surface area contributed by atoms with E-state index in [9.17, 15) is 14.4 Å². The zero-order valence-corrected chi connectivity index (χ0v) is 10.2. The molecule has 0 atom stereocenters. The molecule has 0 fully saturated rings. The minimum Gasteiger partial charge on any atom is -0.481 e. The zero-order valence-electron chi connectivity index (χ0n) is 10.2. The molecule has 0 radical (unpaired) electrons. The predicted octanol–water partition coefficient (Wildman–Crippen LogP) is 0.776. The van der Waals surface area contributed by atoms with Crippen molar-refractivity contribution in [2.45, 2.75) is 19.3 Å². The summed E-state index contributed by atoms with van der Waals surface area (Å²) in [5.41, 5.74) is 2.01. The Morgan fingerprint density at radius 1 is 1.37 bits per heavy atom. The van der Waals surface area contributed by atoms with E-state index in [0.717, 1.165) is 5.56 Å². The number of nitrogens with one attached hydrogen (secondary N) is 2. The molecule has 0 spiro atoms. The fourth-order valence-corrected chi connectivity index (χ4v) is 1.90. The van der Waals surface area contributed by atoms with Crippen molar-refractivity contribution in [2.75, 3.05) is 11.9 Å². The fourth-order valence-electron chi connectivity index (χ4n) is 1.90. The highest BCUT2D eigenvalue weighted by molar-refractivity contribution is 6.02. The Labute approximate surface area is 109 Å². The number of carboxylic acid groups (broad SMARTS) is 1. The molecule has 1 aliphatic heterocycles. The summed E-state index contributed by atoms with van der Waals surface area (Å²) in [4.78, 5) is 33.3. The van der Waals surface area contributed by atoms with Crippen molar-refractivity contribution in [3.63, 3.8) is 0 Å². The highest BCUT2D eigenvalue weighted by Gasteiger charge is 2.18. The minimum absolute atomic E-state index is 0.0283. The van der Waals surface area contributed by atoms with Crippen molar-refractivity contribution in [2.24, 2.45) is 0 Å². The van der Waals surface area contributed by atoms with Gasteiger partial charge in [-0.25, -0.2) is 0 Å². The van der Waals surface area contributed by atoms with Crippen molar-refractivity contribution in [1.29, 1.82) is 0 Å². The number of hydrogen-bond acceptors (Lipinski definition) is 3. The average molecular weight is 262 g/mol. The Bertz CT molecular complexity index is 539. The van der Waals surface area contributed by atoms with Gasteiger partial charge in [0.15, 0.2) is 0 Å². The van der Waals surface area contributed by atoms with Crippen LogP contribution in [0.1, 0.15) is 28.8 Å². The Balaban J connectivity index is 1.91. The molecule has 2 rings (SSSR count). The van der Waals surface area contributed by atoms with E-state index in [1.54, 1.807) is 18.2 Å². The van der Waals surface area contributed by atoms with Gasteiger partial charge >= 0.3 is 5.97 Å². The van der Waals surface area contributed by atoms with Crippen molar-refractivity contribution in [3.05, 3.63) is 29.3 Å². The van der Waals surface area contributed by atoms with E-state index in [4.69, 9.17) is 5.11 Å². The number of carbonyl (C=O) groups is 3. The first-order chi connectivity index (χ1) is 9.06. The van der Waals surface area contributed by atoms with Crippen LogP contribution in [0.15, 0.2) is 18.2 Å². The van der Waals surface area contributed by atoms with E-state index < -0.39 is 5.97 Å². The maximum atomic E-state index is 11.8. The van der Waals surface area contributed by atoms with Crippen molar-refractivity contribution in [3.8, 4) is 0 Å². The molecule has 0 aliphatic carbocycles. The van der Waals surface area contributed by atoms with E-state index in [2.05, 4.69) is 10.6 Å². The topological polar surface area (TPSA) is 95.5 Å². The van der Waals surface area contributed by atoms with Gasteiger partial charge in [-0.3, -0.25) is 14.4 Å². The molecule has 0 saturated carbocycles. The molecule has 6 nitrogen and oxygen atoms in total. The summed E-state index contributed by atoms with van der Waals surface area (Å²) in [7, 11) is 0. The maximum absolute atomic E-state index is 11.8. The normalized spacial score (nSPS) is 12.7. The van der Waals surface area contributed by atoms with E-state index >= 15 is 0 Å². The first kappa shape index (κ1) is 13.1. The lowest BCUT2D eigenvalue weighted by molar-refractivity contribution is -0.137. The van der Waals surface area contributed by atoms with Crippen LogP contribution in [0.4, 0.5) is 5.69 Å². The van der Waals surface area contributed by atoms with Crippen LogP contribution in [0, 0.1) is 0 Å². The van der Waals surface area contributed by atoms with Crippen molar-refractivity contribution >= 4 is 23.5 Å². The standard InChI is InChI=1S/C13H14N2O4/c16-11-7-8-3-4-9(6-10(8)15-11)13(19)14-5-1-2-12(17)18/h3-4,6H,1-2,5,7H2,(H,14,19)(H,15,16)(H,17,18). The number of rotatable bonds is 5. The summed E-state index contributed by atoms with van der Waals surface area (Å²) < 4.78 is 0. The largest absolute Gasteiger partial charge is 0.481 e.